The van der Waals surface area contributed by atoms with E-state index in [1.165, 1.54) is 7.05 Å². The van der Waals surface area contributed by atoms with Gasteiger partial charge >= 0.3 is 0 Å². The lowest BCUT2D eigenvalue weighted by atomic mass is 10.2. The van der Waals surface area contributed by atoms with Crippen molar-refractivity contribution in [1.29, 1.82) is 0 Å². The molecule has 0 heterocycles. The maximum atomic E-state index is 11.7. The quantitative estimate of drug-likeness (QED) is 0.866. The molecule has 0 aromatic heterocycles. The second-order valence-corrected chi connectivity index (χ2v) is 5.96. The lowest BCUT2D eigenvalue weighted by Gasteiger charge is -2.08. The number of nitrogens with one attached hydrogen (secondary N) is 2. The molecular formula is C10H15BrN2O2S. The standard InChI is InChI=1S/C10H15BrN2O2S/c1-3-13-7-8-4-5-9(11)10(6-8)16(14,15)12-2/h4-6,12-13H,3,7H2,1-2H3. The summed E-state index contributed by atoms with van der Waals surface area (Å²) in [5, 5.41) is 3.15. The van der Waals surface area contributed by atoms with Crippen LogP contribution in [0.4, 0.5) is 0 Å². The van der Waals surface area contributed by atoms with Crippen molar-refractivity contribution in [3.8, 4) is 0 Å². The number of sulfonamides is 1. The molecule has 4 nitrogen and oxygen atoms in total. The summed E-state index contributed by atoms with van der Waals surface area (Å²) in [6.07, 6.45) is 0. The van der Waals surface area contributed by atoms with Crippen molar-refractivity contribution in [2.24, 2.45) is 0 Å². The molecule has 0 atom stereocenters. The number of halogens is 1. The molecule has 6 heteroatoms. The van der Waals surface area contributed by atoms with Crippen LogP contribution in [0.15, 0.2) is 27.6 Å². The minimum absolute atomic E-state index is 0.269. The second kappa shape index (κ2) is 5.77. The second-order valence-electron chi connectivity index (χ2n) is 3.25. The summed E-state index contributed by atoms with van der Waals surface area (Å²) in [4.78, 5) is 0.269. The van der Waals surface area contributed by atoms with E-state index in [0.717, 1.165) is 12.1 Å². The molecule has 0 unspecified atom stereocenters. The highest BCUT2D eigenvalue weighted by atomic mass is 79.9. The first-order valence-corrected chi connectivity index (χ1v) is 7.21. The first-order chi connectivity index (χ1) is 7.51. The van der Waals surface area contributed by atoms with Gasteiger partial charge in [-0.15, -0.1) is 0 Å². The van der Waals surface area contributed by atoms with Gasteiger partial charge in [0.2, 0.25) is 10.0 Å². The summed E-state index contributed by atoms with van der Waals surface area (Å²) in [5.74, 6) is 0. The Hall–Kier alpha value is -0.430. The first kappa shape index (κ1) is 13.6. The largest absolute Gasteiger partial charge is 0.313 e. The van der Waals surface area contributed by atoms with Gasteiger partial charge in [-0.3, -0.25) is 0 Å². The molecule has 1 aromatic rings. The van der Waals surface area contributed by atoms with Crippen molar-refractivity contribution >= 4 is 26.0 Å². The molecule has 0 aliphatic heterocycles. The molecule has 0 fully saturated rings. The Kier molecular flexibility index (Phi) is 4.91. The molecule has 0 aliphatic carbocycles. The third-order valence-corrected chi connectivity index (χ3v) is 4.54. The van der Waals surface area contributed by atoms with E-state index in [4.69, 9.17) is 0 Å². The van der Waals surface area contributed by atoms with E-state index >= 15 is 0 Å². The molecule has 0 saturated carbocycles. The summed E-state index contributed by atoms with van der Waals surface area (Å²) in [5.41, 5.74) is 0.943. The van der Waals surface area contributed by atoms with Crippen molar-refractivity contribution < 1.29 is 8.42 Å². The molecule has 16 heavy (non-hydrogen) atoms. The zero-order valence-corrected chi connectivity index (χ0v) is 11.7. The van der Waals surface area contributed by atoms with E-state index in [2.05, 4.69) is 26.0 Å². The van der Waals surface area contributed by atoms with Crippen LogP contribution in [0.5, 0.6) is 0 Å². The topological polar surface area (TPSA) is 58.2 Å². The fourth-order valence-electron chi connectivity index (χ4n) is 1.24. The number of rotatable bonds is 5. The fraction of sp³-hybridized carbons (Fsp3) is 0.400. The van der Waals surface area contributed by atoms with Crippen LogP contribution >= 0.6 is 15.9 Å². The Morgan fingerprint density at radius 1 is 1.38 bits per heavy atom. The predicted molar refractivity (Wildman–Crippen MR) is 67.8 cm³/mol. The molecule has 2 N–H and O–H groups in total. The number of hydrogen-bond donors (Lipinski definition) is 2. The van der Waals surface area contributed by atoms with E-state index < -0.39 is 10.0 Å². The first-order valence-electron chi connectivity index (χ1n) is 4.94. The van der Waals surface area contributed by atoms with Gasteiger partial charge in [-0.1, -0.05) is 13.0 Å². The Labute approximate surface area is 105 Å². The van der Waals surface area contributed by atoms with Crippen molar-refractivity contribution in [3.05, 3.63) is 28.2 Å². The van der Waals surface area contributed by atoms with Gasteiger partial charge < -0.3 is 5.32 Å². The molecule has 0 aliphatic rings. The molecule has 0 spiro atoms. The van der Waals surface area contributed by atoms with Crippen LogP contribution in [0.1, 0.15) is 12.5 Å². The van der Waals surface area contributed by atoms with Crippen molar-refractivity contribution in [2.45, 2.75) is 18.4 Å². The summed E-state index contributed by atoms with van der Waals surface area (Å²) in [7, 11) is -2.00. The smallest absolute Gasteiger partial charge is 0.241 e. The third kappa shape index (κ3) is 3.28. The summed E-state index contributed by atoms with van der Waals surface area (Å²) in [6, 6.07) is 5.30. The zero-order chi connectivity index (χ0) is 12.2. The summed E-state index contributed by atoms with van der Waals surface area (Å²) in [6.45, 7) is 3.52. The van der Waals surface area contributed by atoms with Gasteiger partial charge in [-0.25, -0.2) is 13.1 Å². The van der Waals surface area contributed by atoms with E-state index in [1.54, 1.807) is 12.1 Å². The Morgan fingerprint density at radius 2 is 2.06 bits per heavy atom. The molecule has 1 rings (SSSR count). The number of benzene rings is 1. The minimum Gasteiger partial charge on any atom is -0.313 e. The fourth-order valence-corrected chi connectivity index (χ4v) is 2.98. The molecule has 0 amide bonds. The van der Waals surface area contributed by atoms with Gasteiger partial charge in [0.05, 0.1) is 4.90 Å². The van der Waals surface area contributed by atoms with Crippen LogP contribution < -0.4 is 10.0 Å². The SMILES string of the molecule is CCNCc1ccc(Br)c(S(=O)(=O)NC)c1. The molecule has 0 radical (unpaired) electrons. The molecule has 1 aromatic carbocycles. The predicted octanol–water partition coefficient (Wildman–Crippen LogP) is 1.47. The van der Waals surface area contributed by atoms with Crippen LogP contribution in [-0.4, -0.2) is 22.0 Å². The highest BCUT2D eigenvalue weighted by Crippen LogP contribution is 2.22. The van der Waals surface area contributed by atoms with Gasteiger partial charge in [0, 0.05) is 11.0 Å². The molecule has 0 bridgehead atoms. The lowest BCUT2D eigenvalue weighted by molar-refractivity contribution is 0.587. The zero-order valence-electron chi connectivity index (χ0n) is 9.25. The van der Waals surface area contributed by atoms with Crippen molar-refractivity contribution in [1.82, 2.24) is 10.0 Å². The van der Waals surface area contributed by atoms with Crippen LogP contribution in [0.2, 0.25) is 0 Å². The van der Waals surface area contributed by atoms with E-state index in [-0.39, 0.29) is 4.90 Å². The highest BCUT2D eigenvalue weighted by molar-refractivity contribution is 9.10. The molecule has 0 saturated heterocycles. The third-order valence-electron chi connectivity index (χ3n) is 2.13. The normalized spacial score (nSPS) is 11.7. The highest BCUT2D eigenvalue weighted by Gasteiger charge is 2.15. The van der Waals surface area contributed by atoms with Gasteiger partial charge in [-0.2, -0.15) is 0 Å². The Morgan fingerprint density at radius 3 is 2.62 bits per heavy atom. The lowest BCUT2D eigenvalue weighted by Crippen LogP contribution is -2.20. The van der Waals surface area contributed by atoms with Crippen molar-refractivity contribution in [3.63, 3.8) is 0 Å². The van der Waals surface area contributed by atoms with Gasteiger partial charge in [0.15, 0.2) is 0 Å². The van der Waals surface area contributed by atoms with E-state index in [9.17, 15) is 8.42 Å². The van der Waals surface area contributed by atoms with Crippen molar-refractivity contribution in [2.75, 3.05) is 13.6 Å². The number of hydrogen-bond acceptors (Lipinski definition) is 3. The van der Waals surface area contributed by atoms with Crippen LogP contribution in [-0.2, 0) is 16.6 Å². The maximum absolute atomic E-state index is 11.7. The van der Waals surface area contributed by atoms with Crippen LogP contribution in [0, 0.1) is 0 Å². The van der Waals surface area contributed by atoms with E-state index in [0.29, 0.717) is 11.0 Å². The van der Waals surface area contributed by atoms with Crippen LogP contribution in [0.25, 0.3) is 0 Å². The Bertz CT molecular complexity index is 460. The Balaban J connectivity index is 3.09. The summed E-state index contributed by atoms with van der Waals surface area (Å²) < 4.78 is 26.2. The van der Waals surface area contributed by atoms with Gasteiger partial charge in [0.1, 0.15) is 0 Å². The van der Waals surface area contributed by atoms with Gasteiger partial charge in [0.25, 0.3) is 0 Å². The van der Waals surface area contributed by atoms with Crippen LogP contribution in [0.3, 0.4) is 0 Å². The minimum atomic E-state index is -3.40. The molecular weight excluding hydrogens is 292 g/mol. The maximum Gasteiger partial charge on any atom is 0.241 e. The average Bonchev–Trinajstić information content (AvgIpc) is 2.27. The van der Waals surface area contributed by atoms with Gasteiger partial charge in [-0.05, 0) is 47.2 Å². The molecule has 90 valence electrons. The summed E-state index contributed by atoms with van der Waals surface area (Å²) >= 11 is 3.24. The average molecular weight is 307 g/mol. The van der Waals surface area contributed by atoms with E-state index in [1.807, 2.05) is 13.0 Å². The monoisotopic (exact) mass is 306 g/mol.